The number of para-hydroxylation sites is 1. The van der Waals surface area contributed by atoms with E-state index in [-0.39, 0.29) is 0 Å². The number of rotatable bonds is 6. The molecular formula is C17H21ClN2. The Balaban J connectivity index is 2.12. The highest BCUT2D eigenvalue weighted by atomic mass is 35.5. The third-order valence-corrected chi connectivity index (χ3v) is 3.55. The van der Waals surface area contributed by atoms with E-state index in [2.05, 4.69) is 60.6 Å². The fourth-order valence-corrected chi connectivity index (χ4v) is 2.37. The molecule has 0 aliphatic rings. The van der Waals surface area contributed by atoms with Crippen molar-refractivity contribution in [1.82, 2.24) is 5.32 Å². The highest BCUT2D eigenvalue weighted by Crippen LogP contribution is 2.21. The molecule has 106 valence electrons. The molecule has 20 heavy (non-hydrogen) atoms. The largest absolute Gasteiger partial charge is 0.370 e. The Kier molecular flexibility index (Phi) is 5.45. The highest BCUT2D eigenvalue weighted by Gasteiger charge is 2.07. The maximum atomic E-state index is 5.93. The van der Waals surface area contributed by atoms with Crippen LogP contribution in [0.25, 0.3) is 0 Å². The van der Waals surface area contributed by atoms with Crippen LogP contribution in [0.3, 0.4) is 0 Å². The number of hydrogen-bond acceptors (Lipinski definition) is 2. The molecule has 0 atom stereocenters. The van der Waals surface area contributed by atoms with Crippen LogP contribution >= 0.6 is 11.6 Å². The molecular weight excluding hydrogens is 268 g/mol. The molecule has 0 aliphatic heterocycles. The number of nitrogens with one attached hydrogen (secondary N) is 1. The van der Waals surface area contributed by atoms with Gasteiger partial charge in [-0.15, -0.1) is 0 Å². The Hall–Kier alpha value is -1.51. The van der Waals surface area contributed by atoms with Crippen molar-refractivity contribution in [1.29, 1.82) is 0 Å². The van der Waals surface area contributed by atoms with Crippen LogP contribution in [0.4, 0.5) is 5.69 Å². The summed E-state index contributed by atoms with van der Waals surface area (Å²) in [5, 5.41) is 4.17. The van der Waals surface area contributed by atoms with Gasteiger partial charge in [-0.25, -0.2) is 0 Å². The number of nitrogens with zero attached hydrogens (tertiary/aromatic N) is 1. The van der Waals surface area contributed by atoms with Crippen molar-refractivity contribution in [3.8, 4) is 0 Å². The molecule has 0 heterocycles. The van der Waals surface area contributed by atoms with Gasteiger partial charge in [0.1, 0.15) is 0 Å². The number of benzene rings is 2. The van der Waals surface area contributed by atoms with Gasteiger partial charge >= 0.3 is 0 Å². The van der Waals surface area contributed by atoms with Gasteiger partial charge < -0.3 is 10.2 Å². The molecule has 0 bridgehead atoms. The Labute approximate surface area is 126 Å². The van der Waals surface area contributed by atoms with Crippen molar-refractivity contribution in [3.63, 3.8) is 0 Å². The van der Waals surface area contributed by atoms with E-state index in [9.17, 15) is 0 Å². The molecule has 2 aromatic rings. The average molecular weight is 289 g/mol. The molecule has 0 amide bonds. The predicted molar refractivity (Wildman–Crippen MR) is 87.4 cm³/mol. The Morgan fingerprint density at radius 3 is 2.45 bits per heavy atom. The summed E-state index contributed by atoms with van der Waals surface area (Å²) in [5.41, 5.74) is 3.85. The SMILES string of the molecule is CCNCc1ccccc1N(C)Cc1ccc(Cl)cc1. The number of halogens is 1. The maximum absolute atomic E-state index is 5.93. The summed E-state index contributed by atoms with van der Waals surface area (Å²) < 4.78 is 0. The minimum Gasteiger partial charge on any atom is -0.370 e. The van der Waals surface area contributed by atoms with Gasteiger partial charge in [0.15, 0.2) is 0 Å². The molecule has 0 spiro atoms. The summed E-state index contributed by atoms with van der Waals surface area (Å²) >= 11 is 5.93. The van der Waals surface area contributed by atoms with Gasteiger partial charge in [0.2, 0.25) is 0 Å². The first-order valence-electron chi connectivity index (χ1n) is 6.95. The summed E-state index contributed by atoms with van der Waals surface area (Å²) in [5.74, 6) is 0. The fourth-order valence-electron chi connectivity index (χ4n) is 2.24. The van der Waals surface area contributed by atoms with Crippen molar-refractivity contribution in [2.75, 3.05) is 18.5 Å². The van der Waals surface area contributed by atoms with Gasteiger partial charge in [0.25, 0.3) is 0 Å². The van der Waals surface area contributed by atoms with Gasteiger partial charge in [-0.05, 0) is 35.9 Å². The van der Waals surface area contributed by atoms with Crippen LogP contribution in [-0.4, -0.2) is 13.6 Å². The van der Waals surface area contributed by atoms with E-state index in [0.717, 1.165) is 24.7 Å². The molecule has 0 saturated heterocycles. The molecule has 0 radical (unpaired) electrons. The average Bonchev–Trinajstić information content (AvgIpc) is 2.47. The zero-order chi connectivity index (χ0) is 14.4. The molecule has 0 aromatic heterocycles. The second-order valence-corrected chi connectivity index (χ2v) is 5.33. The quantitative estimate of drug-likeness (QED) is 0.861. The standard InChI is InChI=1S/C17H21ClN2/c1-3-19-12-15-6-4-5-7-17(15)20(2)13-14-8-10-16(18)11-9-14/h4-11,19H,3,12-13H2,1-2H3. The second kappa shape index (κ2) is 7.32. The lowest BCUT2D eigenvalue weighted by atomic mass is 10.1. The lowest BCUT2D eigenvalue weighted by Crippen LogP contribution is -2.20. The zero-order valence-electron chi connectivity index (χ0n) is 12.1. The van der Waals surface area contributed by atoms with Crippen molar-refractivity contribution >= 4 is 17.3 Å². The number of hydrogen-bond donors (Lipinski definition) is 1. The first-order chi connectivity index (χ1) is 9.70. The first kappa shape index (κ1) is 14.9. The second-order valence-electron chi connectivity index (χ2n) is 4.89. The first-order valence-corrected chi connectivity index (χ1v) is 7.32. The van der Waals surface area contributed by atoms with E-state index in [4.69, 9.17) is 11.6 Å². The normalized spacial score (nSPS) is 10.6. The van der Waals surface area contributed by atoms with Crippen LogP contribution in [0, 0.1) is 0 Å². The van der Waals surface area contributed by atoms with Crippen molar-refractivity contribution in [3.05, 3.63) is 64.7 Å². The lowest BCUT2D eigenvalue weighted by Gasteiger charge is -2.23. The fraction of sp³-hybridized carbons (Fsp3) is 0.294. The van der Waals surface area contributed by atoms with Crippen LogP contribution in [0.1, 0.15) is 18.1 Å². The van der Waals surface area contributed by atoms with Gasteiger partial charge in [-0.3, -0.25) is 0 Å². The van der Waals surface area contributed by atoms with Crippen molar-refractivity contribution in [2.24, 2.45) is 0 Å². The van der Waals surface area contributed by atoms with E-state index in [1.807, 2.05) is 12.1 Å². The summed E-state index contributed by atoms with van der Waals surface area (Å²) in [6.07, 6.45) is 0. The molecule has 2 nitrogen and oxygen atoms in total. The van der Waals surface area contributed by atoms with Gasteiger partial charge in [0.05, 0.1) is 0 Å². The van der Waals surface area contributed by atoms with Gasteiger partial charge in [-0.2, -0.15) is 0 Å². The van der Waals surface area contributed by atoms with Crippen molar-refractivity contribution < 1.29 is 0 Å². The minimum atomic E-state index is 0.781. The zero-order valence-corrected chi connectivity index (χ0v) is 12.8. The van der Waals surface area contributed by atoms with E-state index in [0.29, 0.717) is 0 Å². The van der Waals surface area contributed by atoms with E-state index >= 15 is 0 Å². The Morgan fingerprint density at radius 2 is 1.75 bits per heavy atom. The van der Waals surface area contributed by atoms with Gasteiger partial charge in [0, 0.05) is 30.8 Å². The molecule has 0 saturated carbocycles. The lowest BCUT2D eigenvalue weighted by molar-refractivity contribution is 0.723. The third-order valence-electron chi connectivity index (χ3n) is 3.30. The topological polar surface area (TPSA) is 15.3 Å². The predicted octanol–water partition coefficient (Wildman–Crippen LogP) is 4.09. The van der Waals surface area contributed by atoms with Crippen LogP contribution in [0.2, 0.25) is 5.02 Å². The molecule has 0 fully saturated rings. The van der Waals surface area contributed by atoms with Crippen LogP contribution in [0.5, 0.6) is 0 Å². The Bertz CT molecular complexity index is 537. The minimum absolute atomic E-state index is 0.781. The molecule has 0 aliphatic carbocycles. The third kappa shape index (κ3) is 3.99. The number of anilines is 1. The van der Waals surface area contributed by atoms with Crippen molar-refractivity contribution in [2.45, 2.75) is 20.0 Å². The smallest absolute Gasteiger partial charge is 0.0426 e. The maximum Gasteiger partial charge on any atom is 0.0426 e. The summed E-state index contributed by atoms with van der Waals surface area (Å²) in [6, 6.07) is 16.6. The molecule has 1 N–H and O–H groups in total. The van der Waals surface area contributed by atoms with Crippen LogP contribution in [-0.2, 0) is 13.1 Å². The van der Waals surface area contributed by atoms with E-state index in [1.165, 1.54) is 16.8 Å². The summed E-state index contributed by atoms with van der Waals surface area (Å²) in [7, 11) is 2.12. The monoisotopic (exact) mass is 288 g/mol. The Morgan fingerprint density at radius 1 is 1.05 bits per heavy atom. The van der Waals surface area contributed by atoms with Crippen LogP contribution < -0.4 is 10.2 Å². The molecule has 2 aromatic carbocycles. The summed E-state index contributed by atoms with van der Waals surface area (Å²) in [6.45, 7) is 4.88. The van der Waals surface area contributed by atoms with E-state index < -0.39 is 0 Å². The highest BCUT2D eigenvalue weighted by molar-refractivity contribution is 6.30. The van der Waals surface area contributed by atoms with E-state index in [1.54, 1.807) is 0 Å². The molecule has 3 heteroatoms. The summed E-state index contributed by atoms with van der Waals surface area (Å²) in [4.78, 5) is 2.27. The molecule has 2 rings (SSSR count). The molecule has 0 unspecified atom stereocenters. The van der Waals surface area contributed by atoms with Crippen LogP contribution in [0.15, 0.2) is 48.5 Å². The van der Waals surface area contributed by atoms with Gasteiger partial charge in [-0.1, -0.05) is 48.9 Å².